The van der Waals surface area contributed by atoms with E-state index >= 15 is 0 Å². The first-order valence-corrected chi connectivity index (χ1v) is 6.92. The number of methoxy groups -OCH3 is 1. The smallest absolute Gasteiger partial charge is 0.122 e. The van der Waals surface area contributed by atoms with Gasteiger partial charge in [0.1, 0.15) is 5.75 Å². The van der Waals surface area contributed by atoms with Gasteiger partial charge in [0.05, 0.1) is 7.11 Å². The van der Waals surface area contributed by atoms with Crippen LogP contribution in [-0.4, -0.2) is 26.0 Å². The Balaban J connectivity index is 2.43. The van der Waals surface area contributed by atoms with E-state index in [0.29, 0.717) is 0 Å². The van der Waals surface area contributed by atoms with Crippen LogP contribution in [0.1, 0.15) is 24.5 Å². The average molecular weight is 253 g/mol. The first-order valence-electron chi connectivity index (χ1n) is 6.29. The van der Waals surface area contributed by atoms with Crippen molar-refractivity contribution < 1.29 is 4.74 Å². The second-order valence-electron chi connectivity index (χ2n) is 4.08. The summed E-state index contributed by atoms with van der Waals surface area (Å²) in [6, 6.07) is 6.47. The topological polar surface area (TPSA) is 21.3 Å². The molecule has 0 fully saturated rings. The van der Waals surface area contributed by atoms with Crippen molar-refractivity contribution in [2.24, 2.45) is 0 Å². The Hall–Kier alpha value is -0.670. The van der Waals surface area contributed by atoms with Crippen molar-refractivity contribution in [3.8, 4) is 5.75 Å². The molecule has 0 bridgehead atoms. The molecule has 96 valence electrons. The predicted octanol–water partition coefficient (Wildman–Crippen LogP) is 2.71. The van der Waals surface area contributed by atoms with Crippen molar-refractivity contribution in [2.75, 3.05) is 26.0 Å². The van der Waals surface area contributed by atoms with Gasteiger partial charge in [0, 0.05) is 0 Å². The van der Waals surface area contributed by atoms with Crippen LogP contribution in [0.2, 0.25) is 0 Å². The summed E-state index contributed by atoms with van der Waals surface area (Å²) in [7, 11) is 1.73. The van der Waals surface area contributed by atoms with E-state index in [1.807, 2.05) is 0 Å². The number of ether oxygens (including phenoxy) is 1. The minimum absolute atomic E-state index is 0.954. The van der Waals surface area contributed by atoms with Crippen molar-refractivity contribution in [2.45, 2.75) is 26.2 Å². The molecule has 0 unspecified atom stereocenters. The summed E-state index contributed by atoms with van der Waals surface area (Å²) in [6.07, 6.45) is 3.22. The van der Waals surface area contributed by atoms with Gasteiger partial charge in [-0.05, 0) is 55.3 Å². The van der Waals surface area contributed by atoms with Gasteiger partial charge in [0.15, 0.2) is 0 Å². The van der Waals surface area contributed by atoms with Crippen LogP contribution in [0.3, 0.4) is 0 Å². The Kier molecular flexibility index (Phi) is 7.13. The summed E-state index contributed by atoms with van der Waals surface area (Å²) in [6.45, 7) is 4.25. The number of benzene rings is 1. The molecule has 0 saturated heterocycles. The molecule has 0 atom stereocenters. The second kappa shape index (κ2) is 8.43. The Bertz CT molecular complexity index is 328. The molecular weight excluding hydrogens is 230 g/mol. The molecule has 1 aromatic carbocycles. The lowest BCUT2D eigenvalue weighted by atomic mass is 10.1. The highest BCUT2D eigenvalue weighted by atomic mass is 32.1. The summed E-state index contributed by atoms with van der Waals surface area (Å²) in [4.78, 5) is 0. The van der Waals surface area contributed by atoms with Gasteiger partial charge in [-0.3, -0.25) is 0 Å². The standard InChI is InChI=1S/C14H23NOS/c1-3-13-11-12(5-6-14(13)16-2)7-9-15-8-4-10-17/h5-6,11,15,17H,3-4,7-10H2,1-2H3. The van der Waals surface area contributed by atoms with E-state index < -0.39 is 0 Å². The lowest BCUT2D eigenvalue weighted by molar-refractivity contribution is 0.410. The maximum atomic E-state index is 5.32. The van der Waals surface area contributed by atoms with Crippen LogP contribution in [0.5, 0.6) is 5.75 Å². The van der Waals surface area contributed by atoms with Gasteiger partial charge < -0.3 is 10.1 Å². The zero-order valence-corrected chi connectivity index (χ0v) is 11.7. The third-order valence-electron chi connectivity index (χ3n) is 2.83. The number of hydrogen-bond acceptors (Lipinski definition) is 3. The van der Waals surface area contributed by atoms with Crippen LogP contribution in [-0.2, 0) is 12.8 Å². The van der Waals surface area contributed by atoms with Gasteiger partial charge in [0.25, 0.3) is 0 Å². The Morgan fingerprint density at radius 3 is 2.76 bits per heavy atom. The van der Waals surface area contributed by atoms with Gasteiger partial charge in [-0.1, -0.05) is 19.1 Å². The summed E-state index contributed by atoms with van der Waals surface area (Å²) < 4.78 is 5.32. The third kappa shape index (κ3) is 5.00. The van der Waals surface area contributed by atoms with Gasteiger partial charge in [-0.2, -0.15) is 12.6 Å². The van der Waals surface area contributed by atoms with Crippen molar-refractivity contribution >= 4 is 12.6 Å². The molecule has 0 aliphatic heterocycles. The van der Waals surface area contributed by atoms with Gasteiger partial charge in [-0.25, -0.2) is 0 Å². The fourth-order valence-electron chi connectivity index (χ4n) is 1.83. The average Bonchev–Trinajstić information content (AvgIpc) is 2.38. The molecule has 3 heteroatoms. The molecule has 0 aromatic heterocycles. The van der Waals surface area contributed by atoms with Crippen LogP contribution in [0.25, 0.3) is 0 Å². The van der Waals surface area contributed by atoms with E-state index in [-0.39, 0.29) is 0 Å². The van der Waals surface area contributed by atoms with Crippen LogP contribution in [0.15, 0.2) is 18.2 Å². The first kappa shape index (κ1) is 14.4. The van der Waals surface area contributed by atoms with E-state index in [2.05, 4.69) is 43.1 Å². The summed E-state index contributed by atoms with van der Waals surface area (Å²) in [5.74, 6) is 1.95. The zero-order valence-electron chi connectivity index (χ0n) is 10.8. The van der Waals surface area contributed by atoms with Gasteiger partial charge in [0.2, 0.25) is 0 Å². The molecular formula is C14H23NOS. The molecule has 0 heterocycles. The summed E-state index contributed by atoms with van der Waals surface area (Å²) in [5.41, 5.74) is 2.67. The highest BCUT2D eigenvalue weighted by Crippen LogP contribution is 2.20. The molecule has 0 aliphatic carbocycles. The summed E-state index contributed by atoms with van der Waals surface area (Å²) >= 11 is 4.19. The third-order valence-corrected chi connectivity index (χ3v) is 3.14. The maximum Gasteiger partial charge on any atom is 0.122 e. The lowest BCUT2D eigenvalue weighted by Gasteiger charge is -2.09. The quantitative estimate of drug-likeness (QED) is 0.549. The minimum atomic E-state index is 0.954. The van der Waals surface area contributed by atoms with Crippen LogP contribution in [0.4, 0.5) is 0 Å². The van der Waals surface area contributed by atoms with Crippen LogP contribution in [0, 0.1) is 0 Å². The number of thiol groups is 1. The molecule has 1 aromatic rings. The number of hydrogen-bond donors (Lipinski definition) is 2. The Morgan fingerprint density at radius 2 is 2.12 bits per heavy atom. The number of aryl methyl sites for hydroxylation is 1. The number of nitrogens with one attached hydrogen (secondary N) is 1. The molecule has 0 radical (unpaired) electrons. The first-order chi connectivity index (χ1) is 8.31. The van der Waals surface area contributed by atoms with Crippen molar-refractivity contribution in [1.29, 1.82) is 0 Å². The maximum absolute atomic E-state index is 5.32. The molecule has 0 aliphatic rings. The lowest BCUT2D eigenvalue weighted by Crippen LogP contribution is -2.18. The van der Waals surface area contributed by atoms with Crippen LogP contribution >= 0.6 is 12.6 Å². The van der Waals surface area contributed by atoms with E-state index in [4.69, 9.17) is 4.74 Å². The number of rotatable bonds is 8. The van der Waals surface area contributed by atoms with E-state index in [1.54, 1.807) is 7.11 Å². The SMILES string of the molecule is CCc1cc(CCNCCCS)ccc1OC. The van der Waals surface area contributed by atoms with Gasteiger partial charge >= 0.3 is 0 Å². The second-order valence-corrected chi connectivity index (χ2v) is 4.52. The zero-order chi connectivity index (χ0) is 12.5. The van der Waals surface area contributed by atoms with E-state index in [1.165, 1.54) is 11.1 Å². The monoisotopic (exact) mass is 253 g/mol. The minimum Gasteiger partial charge on any atom is -0.496 e. The molecule has 1 N–H and O–H groups in total. The normalized spacial score (nSPS) is 10.5. The van der Waals surface area contributed by atoms with Crippen molar-refractivity contribution in [3.63, 3.8) is 0 Å². The molecule has 0 amide bonds. The molecule has 0 saturated carbocycles. The fraction of sp³-hybridized carbons (Fsp3) is 0.571. The molecule has 17 heavy (non-hydrogen) atoms. The van der Waals surface area contributed by atoms with E-state index in [9.17, 15) is 0 Å². The van der Waals surface area contributed by atoms with Crippen molar-refractivity contribution in [1.82, 2.24) is 5.32 Å². The van der Waals surface area contributed by atoms with Gasteiger partial charge in [-0.15, -0.1) is 0 Å². The summed E-state index contributed by atoms with van der Waals surface area (Å²) in [5, 5.41) is 3.42. The van der Waals surface area contributed by atoms with Crippen LogP contribution < -0.4 is 10.1 Å². The predicted molar refractivity (Wildman–Crippen MR) is 77.4 cm³/mol. The highest BCUT2D eigenvalue weighted by Gasteiger charge is 2.02. The molecule has 0 spiro atoms. The molecule has 1 rings (SSSR count). The molecule has 2 nitrogen and oxygen atoms in total. The highest BCUT2D eigenvalue weighted by molar-refractivity contribution is 7.80. The Morgan fingerprint density at radius 1 is 1.29 bits per heavy atom. The largest absolute Gasteiger partial charge is 0.496 e. The Labute approximate surface area is 110 Å². The van der Waals surface area contributed by atoms with Crippen molar-refractivity contribution in [3.05, 3.63) is 29.3 Å². The fourth-order valence-corrected chi connectivity index (χ4v) is 1.98. The van der Waals surface area contributed by atoms with E-state index in [0.717, 1.165) is 43.9 Å².